The van der Waals surface area contributed by atoms with Gasteiger partial charge in [-0.2, -0.15) is 0 Å². The first-order chi connectivity index (χ1) is 6.52. The van der Waals surface area contributed by atoms with E-state index in [1.54, 1.807) is 0 Å². The standard InChI is InChI=1S/C8H15F2NO3/c9-8(10)6(5-13)3-11(1-2-12)4-7(8)14/h6-7,12-14H,1-5H2/t6-,7-/m0/s1. The second-order valence-electron chi connectivity index (χ2n) is 3.55. The maximum Gasteiger partial charge on any atom is 0.280 e. The molecule has 84 valence electrons. The van der Waals surface area contributed by atoms with Gasteiger partial charge in [0, 0.05) is 19.6 Å². The van der Waals surface area contributed by atoms with Gasteiger partial charge in [-0.1, -0.05) is 0 Å². The lowest BCUT2D eigenvalue weighted by molar-refractivity contribution is -0.192. The van der Waals surface area contributed by atoms with Gasteiger partial charge in [-0.05, 0) is 0 Å². The molecular weight excluding hydrogens is 196 g/mol. The fourth-order valence-corrected chi connectivity index (χ4v) is 1.65. The molecule has 0 aromatic carbocycles. The molecule has 1 aliphatic heterocycles. The number of likely N-dealkylation sites (tertiary alicyclic amines) is 1. The minimum Gasteiger partial charge on any atom is -0.396 e. The summed E-state index contributed by atoms with van der Waals surface area (Å²) in [5.74, 6) is -4.49. The molecule has 1 heterocycles. The quantitative estimate of drug-likeness (QED) is 0.554. The van der Waals surface area contributed by atoms with Crippen LogP contribution in [0, 0.1) is 5.92 Å². The highest BCUT2D eigenvalue weighted by Crippen LogP contribution is 2.33. The summed E-state index contributed by atoms with van der Waals surface area (Å²) in [6, 6.07) is 0. The minimum absolute atomic E-state index is 0.00111. The largest absolute Gasteiger partial charge is 0.396 e. The summed E-state index contributed by atoms with van der Waals surface area (Å²) in [5.41, 5.74) is 0. The van der Waals surface area contributed by atoms with Crippen LogP contribution in [0.3, 0.4) is 0 Å². The molecule has 0 radical (unpaired) electrons. The number of aliphatic hydroxyl groups is 3. The molecule has 0 unspecified atom stereocenters. The molecule has 1 fully saturated rings. The Morgan fingerprint density at radius 3 is 2.43 bits per heavy atom. The van der Waals surface area contributed by atoms with Crippen molar-refractivity contribution in [3.8, 4) is 0 Å². The van der Waals surface area contributed by atoms with E-state index in [0.29, 0.717) is 0 Å². The summed E-state index contributed by atoms with van der Waals surface area (Å²) >= 11 is 0. The summed E-state index contributed by atoms with van der Waals surface area (Å²) in [4.78, 5) is 1.52. The summed E-state index contributed by atoms with van der Waals surface area (Å²) in [5, 5.41) is 26.5. The van der Waals surface area contributed by atoms with Crippen LogP contribution in [0.5, 0.6) is 0 Å². The molecule has 1 saturated heterocycles. The molecule has 3 N–H and O–H groups in total. The first-order valence-electron chi connectivity index (χ1n) is 4.52. The Kier molecular flexibility index (Phi) is 3.77. The molecule has 0 aromatic rings. The molecule has 0 bridgehead atoms. The molecule has 2 atom stereocenters. The third kappa shape index (κ3) is 2.20. The number of nitrogens with zero attached hydrogens (tertiary/aromatic N) is 1. The van der Waals surface area contributed by atoms with E-state index in [4.69, 9.17) is 15.3 Å². The normalized spacial score (nSPS) is 33.2. The van der Waals surface area contributed by atoms with Crippen LogP contribution in [0.25, 0.3) is 0 Å². The van der Waals surface area contributed by atoms with Gasteiger partial charge in [0.1, 0.15) is 6.10 Å². The van der Waals surface area contributed by atoms with Crippen molar-refractivity contribution in [3.63, 3.8) is 0 Å². The van der Waals surface area contributed by atoms with E-state index < -0.39 is 24.6 Å². The number of aliphatic hydroxyl groups excluding tert-OH is 3. The van der Waals surface area contributed by atoms with Gasteiger partial charge in [0.15, 0.2) is 0 Å². The summed E-state index contributed by atoms with van der Waals surface area (Å²) in [7, 11) is 0. The second kappa shape index (κ2) is 4.48. The van der Waals surface area contributed by atoms with Gasteiger partial charge in [-0.3, -0.25) is 4.90 Å². The van der Waals surface area contributed by atoms with Crippen molar-refractivity contribution >= 4 is 0 Å². The summed E-state index contributed by atoms with van der Waals surface area (Å²) in [6.45, 7) is -0.725. The van der Waals surface area contributed by atoms with E-state index >= 15 is 0 Å². The van der Waals surface area contributed by atoms with Crippen LogP contribution >= 0.6 is 0 Å². The van der Waals surface area contributed by atoms with Crippen LogP contribution < -0.4 is 0 Å². The zero-order valence-electron chi connectivity index (χ0n) is 7.74. The fourth-order valence-electron chi connectivity index (χ4n) is 1.65. The number of piperidine rings is 1. The van der Waals surface area contributed by atoms with Crippen LogP contribution in [0.1, 0.15) is 0 Å². The zero-order chi connectivity index (χ0) is 10.8. The highest BCUT2D eigenvalue weighted by Gasteiger charge is 2.50. The van der Waals surface area contributed by atoms with E-state index in [0.717, 1.165) is 0 Å². The zero-order valence-corrected chi connectivity index (χ0v) is 7.74. The average molecular weight is 211 g/mol. The van der Waals surface area contributed by atoms with Crippen LogP contribution in [-0.2, 0) is 0 Å². The SMILES string of the molecule is OCCN1C[C@@H](CO)C(F)(F)[C@@H](O)C1. The molecule has 0 spiro atoms. The van der Waals surface area contributed by atoms with Gasteiger partial charge in [0.25, 0.3) is 5.92 Å². The molecular formula is C8H15F2NO3. The molecule has 1 aliphatic rings. The highest BCUT2D eigenvalue weighted by atomic mass is 19.3. The molecule has 4 nitrogen and oxygen atoms in total. The van der Waals surface area contributed by atoms with E-state index in [1.165, 1.54) is 4.90 Å². The van der Waals surface area contributed by atoms with E-state index in [1.807, 2.05) is 0 Å². The third-order valence-electron chi connectivity index (χ3n) is 2.53. The van der Waals surface area contributed by atoms with E-state index in [2.05, 4.69) is 0 Å². The molecule has 0 aromatic heterocycles. The van der Waals surface area contributed by atoms with Crippen LogP contribution in [0.4, 0.5) is 8.78 Å². The lowest BCUT2D eigenvalue weighted by atomic mass is 9.92. The Morgan fingerprint density at radius 1 is 1.29 bits per heavy atom. The summed E-state index contributed by atoms with van der Waals surface area (Å²) in [6.07, 6.45) is -1.76. The Labute approximate surface area is 80.8 Å². The minimum atomic E-state index is -3.24. The lowest BCUT2D eigenvalue weighted by Crippen LogP contribution is -2.58. The van der Waals surface area contributed by atoms with Crippen LogP contribution in [0.15, 0.2) is 0 Å². The van der Waals surface area contributed by atoms with E-state index in [-0.39, 0.29) is 26.2 Å². The van der Waals surface area contributed by atoms with E-state index in [9.17, 15) is 8.78 Å². The number of hydrogen-bond donors (Lipinski definition) is 3. The van der Waals surface area contributed by atoms with Gasteiger partial charge >= 0.3 is 0 Å². The van der Waals surface area contributed by atoms with Crippen molar-refractivity contribution in [1.29, 1.82) is 0 Å². The highest BCUT2D eigenvalue weighted by molar-refractivity contribution is 4.92. The summed E-state index contributed by atoms with van der Waals surface area (Å²) < 4.78 is 26.4. The average Bonchev–Trinajstić information content (AvgIpc) is 2.11. The predicted octanol–water partition coefficient (Wildman–Crippen LogP) is -1.10. The number of β-amino-alcohol motifs (C(OH)–C–C–N with tert-alkyl or cyclic N) is 2. The number of alkyl halides is 2. The van der Waals surface area contributed by atoms with Crippen molar-refractivity contribution in [2.45, 2.75) is 12.0 Å². The number of rotatable bonds is 3. The lowest BCUT2D eigenvalue weighted by Gasteiger charge is -2.40. The van der Waals surface area contributed by atoms with Gasteiger partial charge in [-0.15, -0.1) is 0 Å². The monoisotopic (exact) mass is 211 g/mol. The molecule has 0 aliphatic carbocycles. The first kappa shape index (κ1) is 11.8. The van der Waals surface area contributed by atoms with Gasteiger partial charge in [0.05, 0.1) is 19.1 Å². The van der Waals surface area contributed by atoms with Crippen molar-refractivity contribution in [2.75, 3.05) is 32.8 Å². The Morgan fingerprint density at radius 2 is 1.93 bits per heavy atom. The Balaban J connectivity index is 2.63. The van der Waals surface area contributed by atoms with Crippen molar-refractivity contribution in [3.05, 3.63) is 0 Å². The molecule has 14 heavy (non-hydrogen) atoms. The van der Waals surface area contributed by atoms with Crippen molar-refractivity contribution < 1.29 is 24.1 Å². The smallest absolute Gasteiger partial charge is 0.280 e. The predicted molar refractivity (Wildman–Crippen MR) is 45.1 cm³/mol. The number of halogens is 2. The Bertz CT molecular complexity index is 191. The second-order valence-corrected chi connectivity index (χ2v) is 3.55. The van der Waals surface area contributed by atoms with Crippen LogP contribution in [-0.4, -0.2) is 65.1 Å². The topological polar surface area (TPSA) is 63.9 Å². The maximum absolute atomic E-state index is 13.2. The number of hydrogen-bond acceptors (Lipinski definition) is 4. The van der Waals surface area contributed by atoms with Crippen molar-refractivity contribution in [1.82, 2.24) is 4.90 Å². The van der Waals surface area contributed by atoms with Crippen molar-refractivity contribution in [2.24, 2.45) is 5.92 Å². The van der Waals surface area contributed by atoms with Gasteiger partial charge in [0.2, 0.25) is 0 Å². The van der Waals surface area contributed by atoms with Crippen LogP contribution in [0.2, 0.25) is 0 Å². The molecule has 0 amide bonds. The molecule has 6 heteroatoms. The molecule has 0 saturated carbocycles. The first-order valence-corrected chi connectivity index (χ1v) is 4.52. The molecule has 1 rings (SSSR count). The van der Waals surface area contributed by atoms with Gasteiger partial charge < -0.3 is 15.3 Å². The fraction of sp³-hybridized carbons (Fsp3) is 1.00. The van der Waals surface area contributed by atoms with Gasteiger partial charge in [-0.25, -0.2) is 8.78 Å². The Hall–Kier alpha value is -0.300. The third-order valence-corrected chi connectivity index (χ3v) is 2.53. The maximum atomic E-state index is 13.2.